The molecule has 5 nitrogen and oxygen atoms in total. The highest BCUT2D eigenvalue weighted by Gasteiger charge is 2.33. The molecular weight excluding hydrogens is 268 g/mol. The van der Waals surface area contributed by atoms with Crippen molar-refractivity contribution in [2.45, 2.75) is 37.6 Å². The van der Waals surface area contributed by atoms with E-state index < -0.39 is 10.5 Å². The van der Waals surface area contributed by atoms with Crippen molar-refractivity contribution < 1.29 is 10.0 Å². The SMILES string of the molecule is O=[N+]([O-])c1cccc(Cl)c1NC1(CO)CCCCC1. The second kappa shape index (κ2) is 5.75. The van der Waals surface area contributed by atoms with Crippen LogP contribution in [0, 0.1) is 10.1 Å². The summed E-state index contributed by atoms with van der Waals surface area (Å²) in [6.45, 7) is -0.0463. The largest absolute Gasteiger partial charge is 0.394 e. The van der Waals surface area contributed by atoms with E-state index in [1.807, 2.05) is 0 Å². The van der Waals surface area contributed by atoms with E-state index in [1.54, 1.807) is 12.1 Å². The fraction of sp³-hybridized carbons (Fsp3) is 0.538. The van der Waals surface area contributed by atoms with Gasteiger partial charge in [-0.2, -0.15) is 0 Å². The molecule has 0 aromatic heterocycles. The van der Waals surface area contributed by atoms with Gasteiger partial charge < -0.3 is 10.4 Å². The van der Waals surface area contributed by atoms with Gasteiger partial charge >= 0.3 is 0 Å². The Labute approximate surface area is 116 Å². The highest BCUT2D eigenvalue weighted by Crippen LogP contribution is 2.38. The number of nitro benzene ring substituents is 1. The Balaban J connectivity index is 2.33. The average molecular weight is 285 g/mol. The van der Waals surface area contributed by atoms with Crippen molar-refractivity contribution in [3.8, 4) is 0 Å². The van der Waals surface area contributed by atoms with E-state index in [4.69, 9.17) is 11.6 Å². The van der Waals surface area contributed by atoms with Crippen molar-refractivity contribution in [2.75, 3.05) is 11.9 Å². The van der Waals surface area contributed by atoms with Crippen molar-refractivity contribution in [2.24, 2.45) is 0 Å². The third-order valence-electron chi connectivity index (χ3n) is 3.69. The predicted molar refractivity (Wildman–Crippen MR) is 74.6 cm³/mol. The first-order chi connectivity index (χ1) is 9.08. The van der Waals surface area contributed by atoms with Gasteiger partial charge in [0.05, 0.1) is 22.1 Å². The average Bonchev–Trinajstić information content (AvgIpc) is 2.42. The lowest BCUT2D eigenvalue weighted by atomic mass is 9.82. The van der Waals surface area contributed by atoms with Gasteiger partial charge in [0.1, 0.15) is 5.69 Å². The zero-order valence-electron chi connectivity index (χ0n) is 10.6. The minimum absolute atomic E-state index is 0.0463. The van der Waals surface area contributed by atoms with E-state index in [2.05, 4.69) is 5.32 Å². The van der Waals surface area contributed by atoms with Crippen molar-refractivity contribution in [3.05, 3.63) is 33.3 Å². The molecule has 0 radical (unpaired) electrons. The molecule has 1 aliphatic carbocycles. The first kappa shape index (κ1) is 14.1. The number of anilines is 1. The number of benzene rings is 1. The Morgan fingerprint density at radius 1 is 1.37 bits per heavy atom. The lowest BCUT2D eigenvalue weighted by Crippen LogP contribution is -2.44. The highest BCUT2D eigenvalue weighted by molar-refractivity contribution is 6.33. The fourth-order valence-corrected chi connectivity index (χ4v) is 2.82. The molecule has 2 rings (SSSR count). The number of rotatable bonds is 4. The van der Waals surface area contributed by atoms with Crippen LogP contribution in [0.1, 0.15) is 32.1 Å². The summed E-state index contributed by atoms with van der Waals surface area (Å²) < 4.78 is 0. The molecule has 1 fully saturated rings. The maximum atomic E-state index is 11.1. The van der Waals surface area contributed by atoms with Crippen LogP contribution in [-0.4, -0.2) is 22.2 Å². The number of aliphatic hydroxyl groups is 1. The molecule has 6 heteroatoms. The Kier molecular flexibility index (Phi) is 4.27. The normalized spacial score (nSPS) is 18.0. The van der Waals surface area contributed by atoms with Crippen molar-refractivity contribution in [1.82, 2.24) is 0 Å². The number of nitro groups is 1. The van der Waals surface area contributed by atoms with Gasteiger partial charge in [0.15, 0.2) is 0 Å². The van der Waals surface area contributed by atoms with Gasteiger partial charge in [-0.05, 0) is 18.9 Å². The minimum atomic E-state index is -0.492. The summed E-state index contributed by atoms with van der Waals surface area (Å²) in [6, 6.07) is 4.59. The maximum Gasteiger partial charge on any atom is 0.293 e. The molecule has 2 N–H and O–H groups in total. The lowest BCUT2D eigenvalue weighted by molar-refractivity contribution is -0.384. The van der Waals surface area contributed by atoms with Crippen LogP contribution >= 0.6 is 11.6 Å². The quantitative estimate of drug-likeness (QED) is 0.657. The van der Waals surface area contributed by atoms with Crippen LogP contribution in [0.4, 0.5) is 11.4 Å². The molecule has 0 heterocycles. The Morgan fingerprint density at radius 2 is 2.05 bits per heavy atom. The summed E-state index contributed by atoms with van der Waals surface area (Å²) in [4.78, 5) is 10.6. The summed E-state index contributed by atoms with van der Waals surface area (Å²) in [7, 11) is 0. The molecule has 1 aromatic rings. The van der Waals surface area contributed by atoms with Crippen molar-refractivity contribution in [3.63, 3.8) is 0 Å². The van der Waals surface area contributed by atoms with Crippen LogP contribution < -0.4 is 5.32 Å². The summed E-state index contributed by atoms with van der Waals surface area (Å²) >= 11 is 6.06. The second-order valence-corrected chi connectivity index (χ2v) is 5.42. The first-order valence-electron chi connectivity index (χ1n) is 6.40. The third-order valence-corrected chi connectivity index (χ3v) is 4.01. The number of aliphatic hydroxyl groups excluding tert-OH is 1. The van der Waals surface area contributed by atoms with Gasteiger partial charge in [-0.25, -0.2) is 0 Å². The summed E-state index contributed by atoms with van der Waals surface area (Å²) in [5.41, 5.74) is -0.232. The number of nitrogens with zero attached hydrogens (tertiary/aromatic N) is 1. The van der Waals surface area contributed by atoms with E-state index >= 15 is 0 Å². The van der Waals surface area contributed by atoms with E-state index in [-0.39, 0.29) is 12.3 Å². The molecule has 19 heavy (non-hydrogen) atoms. The van der Waals surface area contributed by atoms with Gasteiger partial charge in [0.25, 0.3) is 5.69 Å². The molecule has 1 aliphatic rings. The number of nitrogens with one attached hydrogen (secondary N) is 1. The van der Waals surface area contributed by atoms with Crippen molar-refractivity contribution in [1.29, 1.82) is 0 Å². The predicted octanol–water partition coefficient (Wildman–Crippen LogP) is 3.36. The van der Waals surface area contributed by atoms with Crippen LogP contribution in [0.3, 0.4) is 0 Å². The Hall–Kier alpha value is -1.33. The molecule has 0 bridgehead atoms. The Morgan fingerprint density at radius 3 is 2.63 bits per heavy atom. The van der Waals surface area contributed by atoms with E-state index in [1.165, 1.54) is 6.07 Å². The molecule has 0 saturated heterocycles. The highest BCUT2D eigenvalue weighted by atomic mass is 35.5. The minimum Gasteiger partial charge on any atom is -0.394 e. The molecule has 1 aromatic carbocycles. The molecule has 0 unspecified atom stereocenters. The number of halogens is 1. The number of hydrogen-bond donors (Lipinski definition) is 2. The topological polar surface area (TPSA) is 75.4 Å². The van der Waals surface area contributed by atoms with Crippen LogP contribution in [0.2, 0.25) is 5.02 Å². The van der Waals surface area contributed by atoms with E-state index in [9.17, 15) is 15.2 Å². The Bertz CT molecular complexity index is 473. The third kappa shape index (κ3) is 2.98. The first-order valence-corrected chi connectivity index (χ1v) is 6.78. The number of para-hydroxylation sites is 1. The zero-order chi connectivity index (χ0) is 13.9. The lowest BCUT2D eigenvalue weighted by Gasteiger charge is -2.37. The van der Waals surface area contributed by atoms with Gasteiger partial charge in [-0.1, -0.05) is 36.9 Å². The van der Waals surface area contributed by atoms with Crippen molar-refractivity contribution >= 4 is 23.0 Å². The van der Waals surface area contributed by atoms with Crippen LogP contribution in [0.15, 0.2) is 18.2 Å². The van der Waals surface area contributed by atoms with E-state index in [0.717, 1.165) is 32.1 Å². The molecule has 0 atom stereocenters. The summed E-state index contributed by atoms with van der Waals surface area (Å²) in [5.74, 6) is 0. The number of hydrogen-bond acceptors (Lipinski definition) is 4. The van der Waals surface area contributed by atoms with Crippen LogP contribution in [0.25, 0.3) is 0 Å². The standard InChI is InChI=1S/C13H17ClN2O3/c14-10-5-4-6-11(16(18)19)12(10)15-13(9-17)7-2-1-3-8-13/h4-6,15,17H,1-3,7-9H2. The molecule has 104 valence electrons. The molecular formula is C13H17ClN2O3. The van der Waals surface area contributed by atoms with Crippen LogP contribution in [0.5, 0.6) is 0 Å². The van der Waals surface area contributed by atoms with Gasteiger partial charge in [-0.3, -0.25) is 10.1 Å². The molecule has 1 saturated carbocycles. The van der Waals surface area contributed by atoms with Gasteiger partial charge in [0.2, 0.25) is 0 Å². The van der Waals surface area contributed by atoms with Crippen LogP contribution in [-0.2, 0) is 0 Å². The zero-order valence-corrected chi connectivity index (χ0v) is 11.3. The maximum absolute atomic E-state index is 11.1. The smallest absolute Gasteiger partial charge is 0.293 e. The van der Waals surface area contributed by atoms with Gasteiger partial charge in [-0.15, -0.1) is 0 Å². The molecule has 0 spiro atoms. The van der Waals surface area contributed by atoms with Gasteiger partial charge in [0, 0.05) is 6.07 Å². The van der Waals surface area contributed by atoms with E-state index in [0.29, 0.717) is 10.7 Å². The molecule has 0 aliphatic heterocycles. The fourth-order valence-electron chi connectivity index (χ4n) is 2.61. The monoisotopic (exact) mass is 284 g/mol. The summed E-state index contributed by atoms with van der Waals surface area (Å²) in [5, 5.41) is 24.2. The second-order valence-electron chi connectivity index (χ2n) is 5.02. The summed E-state index contributed by atoms with van der Waals surface area (Å²) in [6.07, 6.45) is 4.74. The molecule has 0 amide bonds.